The second-order valence-corrected chi connectivity index (χ2v) is 11.0. The first-order chi connectivity index (χ1) is 15.0. The molecule has 0 spiro atoms. The van der Waals surface area contributed by atoms with Crippen molar-refractivity contribution in [3.05, 3.63) is 47.2 Å². The van der Waals surface area contributed by atoms with Gasteiger partial charge < -0.3 is 10.1 Å². The van der Waals surface area contributed by atoms with E-state index < -0.39 is 16.1 Å². The van der Waals surface area contributed by atoms with Gasteiger partial charge in [0.1, 0.15) is 16.0 Å². The molecule has 164 valence electrons. The molecule has 0 bridgehead atoms. The zero-order valence-electron chi connectivity index (χ0n) is 17.0. The number of anilines is 1. The fourth-order valence-corrected chi connectivity index (χ4v) is 6.91. The van der Waals surface area contributed by atoms with E-state index in [9.17, 15) is 13.2 Å². The Hall–Kier alpha value is -2.27. The Morgan fingerprint density at radius 3 is 2.77 bits per heavy atom. The van der Waals surface area contributed by atoms with Crippen molar-refractivity contribution in [2.45, 2.75) is 36.4 Å². The summed E-state index contributed by atoms with van der Waals surface area (Å²) in [6, 6.07) is 10.2. The van der Waals surface area contributed by atoms with E-state index in [0.29, 0.717) is 31.1 Å². The molecule has 1 saturated heterocycles. The molecule has 1 aliphatic rings. The largest absolute Gasteiger partial charge is 0.494 e. The Balaban J connectivity index is 1.44. The van der Waals surface area contributed by atoms with Crippen molar-refractivity contribution in [2.24, 2.45) is 0 Å². The number of thiazole rings is 1. The lowest BCUT2D eigenvalue weighted by Gasteiger charge is -2.22. The van der Waals surface area contributed by atoms with Gasteiger partial charge in [-0.15, -0.1) is 22.7 Å². The van der Waals surface area contributed by atoms with Crippen LogP contribution in [0.5, 0.6) is 5.75 Å². The number of amides is 1. The first-order valence-corrected chi connectivity index (χ1v) is 13.2. The van der Waals surface area contributed by atoms with Crippen LogP contribution in [0.25, 0.3) is 11.3 Å². The number of hydrogen-bond acceptors (Lipinski definition) is 7. The highest BCUT2D eigenvalue weighted by atomic mass is 32.2. The number of benzene rings is 1. The van der Waals surface area contributed by atoms with Gasteiger partial charge >= 0.3 is 0 Å². The Kier molecular flexibility index (Phi) is 6.71. The summed E-state index contributed by atoms with van der Waals surface area (Å²) in [6.45, 7) is 3.07. The first-order valence-electron chi connectivity index (χ1n) is 10.0. The van der Waals surface area contributed by atoms with Crippen LogP contribution >= 0.6 is 22.7 Å². The number of ether oxygens (including phenoxy) is 1. The number of rotatable bonds is 8. The zero-order chi connectivity index (χ0) is 21.8. The topological polar surface area (TPSA) is 88.6 Å². The van der Waals surface area contributed by atoms with Gasteiger partial charge in [0, 0.05) is 17.5 Å². The summed E-state index contributed by atoms with van der Waals surface area (Å²) in [5.41, 5.74) is 1.67. The van der Waals surface area contributed by atoms with Crippen molar-refractivity contribution < 1.29 is 17.9 Å². The molecule has 10 heteroatoms. The fraction of sp³-hybridized carbons (Fsp3) is 0.333. The summed E-state index contributed by atoms with van der Waals surface area (Å²) in [6.07, 6.45) is 2.09. The van der Waals surface area contributed by atoms with Gasteiger partial charge in [-0.25, -0.2) is 13.4 Å². The van der Waals surface area contributed by atoms with Crippen molar-refractivity contribution >= 4 is 43.7 Å². The van der Waals surface area contributed by atoms with Gasteiger partial charge in [0.15, 0.2) is 5.13 Å². The molecule has 1 atom stereocenters. The van der Waals surface area contributed by atoms with Gasteiger partial charge in [-0.3, -0.25) is 4.79 Å². The average Bonchev–Trinajstić information content (AvgIpc) is 3.54. The normalized spacial score (nSPS) is 17.0. The van der Waals surface area contributed by atoms with Gasteiger partial charge in [0.2, 0.25) is 5.91 Å². The van der Waals surface area contributed by atoms with Gasteiger partial charge in [-0.1, -0.05) is 13.0 Å². The molecule has 1 N–H and O–H groups in total. The quantitative estimate of drug-likeness (QED) is 0.518. The molecule has 0 saturated carbocycles. The molecule has 7 nitrogen and oxygen atoms in total. The molecular weight excluding hydrogens is 454 g/mol. The third kappa shape index (κ3) is 4.82. The number of sulfonamides is 1. The number of nitrogens with one attached hydrogen (secondary N) is 1. The number of hydrogen-bond donors (Lipinski definition) is 1. The Labute approximate surface area is 189 Å². The zero-order valence-corrected chi connectivity index (χ0v) is 19.4. The van der Waals surface area contributed by atoms with Gasteiger partial charge in [0.05, 0.1) is 12.3 Å². The van der Waals surface area contributed by atoms with Crippen molar-refractivity contribution in [3.8, 4) is 17.0 Å². The monoisotopic (exact) mass is 477 g/mol. The average molecular weight is 478 g/mol. The standard InChI is InChI=1S/C21H23N3O4S3/c1-2-12-28-16-9-7-15(8-10-16)17-14-30-21(22-17)23-20(25)18-5-3-11-24(18)31(26,27)19-6-4-13-29-19/h4,6-10,13-14,18H,2-3,5,11-12H2,1H3,(H,22,23,25). The Morgan fingerprint density at radius 1 is 1.26 bits per heavy atom. The van der Waals surface area contributed by atoms with Crippen molar-refractivity contribution in [1.29, 1.82) is 0 Å². The van der Waals surface area contributed by atoms with E-state index in [-0.39, 0.29) is 10.1 Å². The van der Waals surface area contributed by atoms with Gasteiger partial charge in [-0.05, 0) is 55.0 Å². The van der Waals surface area contributed by atoms with E-state index in [1.54, 1.807) is 17.5 Å². The molecule has 1 aromatic carbocycles. The van der Waals surface area contributed by atoms with Crippen LogP contribution in [0.4, 0.5) is 5.13 Å². The molecule has 2 aromatic heterocycles. The van der Waals surface area contributed by atoms with E-state index in [1.807, 2.05) is 29.6 Å². The summed E-state index contributed by atoms with van der Waals surface area (Å²) in [5, 5.41) is 6.84. The van der Waals surface area contributed by atoms with E-state index in [4.69, 9.17) is 4.74 Å². The maximum atomic E-state index is 12.9. The summed E-state index contributed by atoms with van der Waals surface area (Å²) >= 11 is 2.48. The summed E-state index contributed by atoms with van der Waals surface area (Å²) in [7, 11) is -3.67. The molecule has 3 aromatic rings. The molecule has 4 rings (SSSR count). The molecule has 0 aliphatic carbocycles. The summed E-state index contributed by atoms with van der Waals surface area (Å²) in [4.78, 5) is 17.4. The molecule has 1 amide bonds. The highest BCUT2D eigenvalue weighted by molar-refractivity contribution is 7.91. The number of thiophene rings is 1. The highest BCUT2D eigenvalue weighted by Crippen LogP contribution is 2.30. The molecule has 31 heavy (non-hydrogen) atoms. The van der Waals surface area contributed by atoms with Gasteiger partial charge in [0.25, 0.3) is 10.0 Å². The lowest BCUT2D eigenvalue weighted by atomic mass is 10.2. The second-order valence-electron chi connectivity index (χ2n) is 7.11. The van der Waals surface area contributed by atoms with E-state index in [0.717, 1.165) is 34.8 Å². The third-order valence-electron chi connectivity index (χ3n) is 4.92. The minimum absolute atomic E-state index is 0.259. The molecular formula is C21H23N3O4S3. The Bertz CT molecular complexity index is 1130. The minimum atomic E-state index is -3.67. The number of aromatic nitrogens is 1. The van der Waals surface area contributed by atoms with E-state index >= 15 is 0 Å². The van der Waals surface area contributed by atoms with Gasteiger partial charge in [-0.2, -0.15) is 4.31 Å². The second kappa shape index (κ2) is 9.47. The van der Waals surface area contributed by atoms with Crippen LogP contribution in [0.2, 0.25) is 0 Å². The van der Waals surface area contributed by atoms with Crippen molar-refractivity contribution in [3.63, 3.8) is 0 Å². The molecule has 1 unspecified atom stereocenters. The molecule has 1 fully saturated rings. The first kappa shape index (κ1) is 21.9. The summed E-state index contributed by atoms with van der Waals surface area (Å²) < 4.78 is 32.9. The number of nitrogens with zero attached hydrogens (tertiary/aromatic N) is 2. The molecule has 3 heterocycles. The maximum Gasteiger partial charge on any atom is 0.253 e. The van der Waals surface area contributed by atoms with Crippen LogP contribution in [-0.4, -0.2) is 42.8 Å². The van der Waals surface area contributed by atoms with Crippen LogP contribution in [0.15, 0.2) is 51.4 Å². The van der Waals surface area contributed by atoms with E-state index in [1.165, 1.54) is 15.6 Å². The van der Waals surface area contributed by atoms with Crippen LogP contribution in [0, 0.1) is 0 Å². The van der Waals surface area contributed by atoms with Crippen molar-refractivity contribution in [1.82, 2.24) is 9.29 Å². The number of carbonyl (C=O) groups is 1. The van der Waals surface area contributed by atoms with Crippen LogP contribution in [0.3, 0.4) is 0 Å². The lowest BCUT2D eigenvalue weighted by molar-refractivity contribution is -0.119. The number of carbonyl (C=O) groups excluding carboxylic acids is 1. The van der Waals surface area contributed by atoms with Crippen molar-refractivity contribution in [2.75, 3.05) is 18.5 Å². The lowest BCUT2D eigenvalue weighted by Crippen LogP contribution is -2.42. The van der Waals surface area contributed by atoms with E-state index in [2.05, 4.69) is 17.2 Å². The third-order valence-corrected chi connectivity index (χ3v) is 8.96. The maximum absolute atomic E-state index is 12.9. The SMILES string of the molecule is CCCOc1ccc(-c2csc(NC(=O)C3CCCN3S(=O)(=O)c3cccs3)n2)cc1. The fourth-order valence-electron chi connectivity index (χ4n) is 3.41. The molecule has 1 aliphatic heterocycles. The van der Waals surface area contributed by atoms with Crippen LogP contribution < -0.4 is 10.1 Å². The van der Waals surface area contributed by atoms with Crippen LogP contribution in [-0.2, 0) is 14.8 Å². The summed E-state index contributed by atoms with van der Waals surface area (Å²) in [5.74, 6) is 0.462. The Morgan fingerprint density at radius 2 is 2.06 bits per heavy atom. The highest BCUT2D eigenvalue weighted by Gasteiger charge is 2.40. The van der Waals surface area contributed by atoms with Crippen LogP contribution in [0.1, 0.15) is 26.2 Å². The smallest absolute Gasteiger partial charge is 0.253 e. The molecule has 0 radical (unpaired) electrons. The predicted octanol–water partition coefficient (Wildman–Crippen LogP) is 4.45. The predicted molar refractivity (Wildman–Crippen MR) is 123 cm³/mol. The minimum Gasteiger partial charge on any atom is -0.494 e.